The first-order valence-electron chi connectivity index (χ1n) is 6.49. The maximum absolute atomic E-state index is 10.8. The summed E-state index contributed by atoms with van der Waals surface area (Å²) in [6, 6.07) is 0. The van der Waals surface area contributed by atoms with Gasteiger partial charge in [0.15, 0.2) is 5.79 Å². The second-order valence-corrected chi connectivity index (χ2v) is 5.40. The average Bonchev–Trinajstić information content (AvgIpc) is 2.64. The molecule has 0 saturated carbocycles. The van der Waals surface area contributed by atoms with Crippen LogP contribution < -0.4 is 0 Å². The van der Waals surface area contributed by atoms with Gasteiger partial charge in [-0.3, -0.25) is 4.79 Å². The molecule has 1 N–H and O–H groups in total. The van der Waals surface area contributed by atoms with Gasteiger partial charge in [-0.2, -0.15) is 0 Å². The van der Waals surface area contributed by atoms with E-state index < -0.39 is 11.8 Å². The van der Waals surface area contributed by atoms with E-state index in [1.165, 1.54) is 0 Å². The Labute approximate surface area is 109 Å². The van der Waals surface area contributed by atoms with Crippen LogP contribution in [0.4, 0.5) is 0 Å². The Morgan fingerprint density at radius 3 is 2.44 bits per heavy atom. The summed E-state index contributed by atoms with van der Waals surface area (Å²) >= 11 is 0. The zero-order chi connectivity index (χ0) is 13.8. The summed E-state index contributed by atoms with van der Waals surface area (Å²) in [5.41, 5.74) is 1.03. The van der Waals surface area contributed by atoms with Crippen LogP contribution in [0.1, 0.15) is 40.0 Å². The highest BCUT2D eigenvalue weighted by Crippen LogP contribution is 2.32. The number of carboxylic acids is 1. The van der Waals surface area contributed by atoms with Crippen molar-refractivity contribution >= 4 is 5.97 Å². The SMILES string of the molecule is C=C(C)C(CCC1(C)OCCO1)C(C)CC(=O)O. The molecule has 104 valence electrons. The number of allylic oxidation sites excluding steroid dienone is 1. The number of hydrogen-bond donors (Lipinski definition) is 1. The molecule has 0 aliphatic carbocycles. The molecule has 1 rings (SSSR count). The molecule has 1 fully saturated rings. The first-order chi connectivity index (χ1) is 8.34. The minimum absolute atomic E-state index is 0.0880. The average molecular weight is 256 g/mol. The largest absolute Gasteiger partial charge is 0.481 e. The van der Waals surface area contributed by atoms with Crippen LogP contribution >= 0.6 is 0 Å². The van der Waals surface area contributed by atoms with Crippen LogP contribution in [0.2, 0.25) is 0 Å². The summed E-state index contributed by atoms with van der Waals surface area (Å²) in [4.78, 5) is 10.8. The lowest BCUT2D eigenvalue weighted by atomic mass is 9.82. The van der Waals surface area contributed by atoms with Gasteiger partial charge in [0, 0.05) is 12.8 Å². The van der Waals surface area contributed by atoms with Gasteiger partial charge in [0.2, 0.25) is 0 Å². The predicted molar refractivity (Wildman–Crippen MR) is 69.3 cm³/mol. The minimum Gasteiger partial charge on any atom is -0.481 e. The molecule has 4 nitrogen and oxygen atoms in total. The molecule has 0 amide bonds. The van der Waals surface area contributed by atoms with Crippen LogP contribution in [0, 0.1) is 11.8 Å². The van der Waals surface area contributed by atoms with Gasteiger partial charge in [-0.15, -0.1) is 0 Å². The Bertz CT molecular complexity index is 305. The van der Waals surface area contributed by atoms with Crippen LogP contribution in [-0.2, 0) is 14.3 Å². The number of carboxylic acid groups (broad SMARTS) is 1. The van der Waals surface area contributed by atoms with Crippen molar-refractivity contribution in [3.63, 3.8) is 0 Å². The Morgan fingerprint density at radius 2 is 2.00 bits per heavy atom. The van der Waals surface area contributed by atoms with Crippen molar-refractivity contribution in [1.29, 1.82) is 0 Å². The molecule has 0 radical (unpaired) electrons. The molecule has 0 aromatic carbocycles. The normalized spacial score (nSPS) is 21.5. The Morgan fingerprint density at radius 1 is 1.44 bits per heavy atom. The van der Waals surface area contributed by atoms with Gasteiger partial charge in [0.1, 0.15) is 0 Å². The zero-order valence-electron chi connectivity index (χ0n) is 11.6. The van der Waals surface area contributed by atoms with Crippen molar-refractivity contribution in [2.75, 3.05) is 13.2 Å². The Balaban J connectivity index is 2.52. The van der Waals surface area contributed by atoms with Gasteiger partial charge in [-0.1, -0.05) is 19.1 Å². The lowest BCUT2D eigenvalue weighted by Gasteiger charge is -2.28. The van der Waals surface area contributed by atoms with Crippen LogP contribution in [0.25, 0.3) is 0 Å². The molecule has 0 bridgehead atoms. The van der Waals surface area contributed by atoms with Crippen molar-refractivity contribution in [2.45, 2.75) is 45.8 Å². The van der Waals surface area contributed by atoms with E-state index in [2.05, 4.69) is 6.58 Å². The van der Waals surface area contributed by atoms with Crippen molar-refractivity contribution in [1.82, 2.24) is 0 Å². The number of hydrogen-bond acceptors (Lipinski definition) is 3. The van der Waals surface area contributed by atoms with Gasteiger partial charge < -0.3 is 14.6 Å². The van der Waals surface area contributed by atoms with E-state index in [1.54, 1.807) is 0 Å². The summed E-state index contributed by atoms with van der Waals surface area (Å²) in [5.74, 6) is -0.972. The number of carbonyl (C=O) groups is 1. The molecule has 2 unspecified atom stereocenters. The van der Waals surface area contributed by atoms with E-state index in [1.807, 2.05) is 20.8 Å². The zero-order valence-corrected chi connectivity index (χ0v) is 11.6. The molecule has 1 aliphatic rings. The summed E-state index contributed by atoms with van der Waals surface area (Å²) in [6.45, 7) is 11.1. The molecular weight excluding hydrogens is 232 g/mol. The smallest absolute Gasteiger partial charge is 0.303 e. The van der Waals surface area contributed by atoms with Crippen molar-refractivity contribution in [2.24, 2.45) is 11.8 Å². The predicted octanol–water partition coefficient (Wildman–Crippen LogP) is 2.83. The van der Waals surface area contributed by atoms with Gasteiger partial charge >= 0.3 is 5.97 Å². The van der Waals surface area contributed by atoms with Crippen molar-refractivity contribution in [3.05, 3.63) is 12.2 Å². The highest BCUT2D eigenvalue weighted by molar-refractivity contribution is 5.67. The summed E-state index contributed by atoms with van der Waals surface area (Å²) in [6.07, 6.45) is 1.80. The first-order valence-corrected chi connectivity index (χ1v) is 6.49. The number of aliphatic carboxylic acids is 1. The van der Waals surface area contributed by atoms with E-state index in [4.69, 9.17) is 14.6 Å². The third kappa shape index (κ3) is 4.42. The summed E-state index contributed by atoms with van der Waals surface area (Å²) < 4.78 is 11.1. The van der Waals surface area contributed by atoms with E-state index >= 15 is 0 Å². The Kier molecular flexibility index (Phi) is 5.35. The number of rotatable bonds is 7. The monoisotopic (exact) mass is 256 g/mol. The van der Waals surface area contributed by atoms with E-state index in [9.17, 15) is 4.79 Å². The first kappa shape index (κ1) is 15.2. The molecule has 1 aliphatic heterocycles. The molecular formula is C14H24O4. The quantitative estimate of drug-likeness (QED) is 0.712. The van der Waals surface area contributed by atoms with E-state index in [0.29, 0.717) is 13.2 Å². The van der Waals surface area contributed by atoms with Crippen LogP contribution in [0.3, 0.4) is 0 Å². The highest BCUT2D eigenvalue weighted by Gasteiger charge is 2.32. The minimum atomic E-state index is -0.756. The second kappa shape index (κ2) is 6.34. The maximum atomic E-state index is 10.8. The fourth-order valence-electron chi connectivity index (χ4n) is 2.55. The molecule has 4 heteroatoms. The molecule has 18 heavy (non-hydrogen) atoms. The van der Waals surface area contributed by atoms with E-state index in [-0.39, 0.29) is 18.3 Å². The fourth-order valence-corrected chi connectivity index (χ4v) is 2.55. The number of ether oxygens (including phenoxy) is 2. The van der Waals surface area contributed by atoms with Crippen molar-refractivity contribution < 1.29 is 19.4 Å². The van der Waals surface area contributed by atoms with Crippen LogP contribution in [-0.4, -0.2) is 30.1 Å². The van der Waals surface area contributed by atoms with Gasteiger partial charge in [0.25, 0.3) is 0 Å². The maximum Gasteiger partial charge on any atom is 0.303 e. The van der Waals surface area contributed by atoms with Crippen LogP contribution in [0.5, 0.6) is 0 Å². The standard InChI is InChI=1S/C14H24O4/c1-10(2)12(11(3)9-13(15)16)5-6-14(4)17-7-8-18-14/h11-12H,1,5-9H2,2-4H3,(H,15,16). The summed E-state index contributed by atoms with van der Waals surface area (Å²) in [7, 11) is 0. The van der Waals surface area contributed by atoms with Crippen molar-refractivity contribution in [3.8, 4) is 0 Å². The van der Waals surface area contributed by atoms with Gasteiger partial charge in [0.05, 0.1) is 13.2 Å². The molecule has 0 aromatic heterocycles. The molecule has 0 spiro atoms. The van der Waals surface area contributed by atoms with Gasteiger partial charge in [-0.25, -0.2) is 0 Å². The third-order valence-electron chi connectivity index (χ3n) is 3.62. The van der Waals surface area contributed by atoms with Crippen LogP contribution in [0.15, 0.2) is 12.2 Å². The fraction of sp³-hybridized carbons (Fsp3) is 0.786. The van der Waals surface area contributed by atoms with Gasteiger partial charge in [-0.05, 0) is 32.1 Å². The lowest BCUT2D eigenvalue weighted by Crippen LogP contribution is -2.28. The molecule has 0 aromatic rings. The second-order valence-electron chi connectivity index (χ2n) is 5.40. The summed E-state index contributed by atoms with van der Waals surface area (Å²) in [5, 5.41) is 8.87. The third-order valence-corrected chi connectivity index (χ3v) is 3.62. The molecule has 1 heterocycles. The van der Waals surface area contributed by atoms with E-state index in [0.717, 1.165) is 18.4 Å². The highest BCUT2D eigenvalue weighted by atomic mass is 16.7. The topological polar surface area (TPSA) is 55.8 Å². The Hall–Kier alpha value is -0.870. The molecule has 2 atom stereocenters. The molecule has 1 saturated heterocycles. The lowest BCUT2D eigenvalue weighted by molar-refractivity contribution is -0.149.